The number of aryl methyl sites for hydroxylation is 3. The maximum absolute atomic E-state index is 5.39. The van der Waals surface area contributed by atoms with Crippen molar-refractivity contribution >= 4 is 27.6 Å². The SMILES string of the molecule is CCOCCCn1cc(C)nc1Nc1cccc(C)c1Br. The zero-order chi connectivity index (χ0) is 15.2. The van der Waals surface area contributed by atoms with Crippen LogP contribution in [0.4, 0.5) is 11.6 Å². The van der Waals surface area contributed by atoms with Crippen molar-refractivity contribution in [2.75, 3.05) is 18.5 Å². The van der Waals surface area contributed by atoms with Crippen molar-refractivity contribution in [3.63, 3.8) is 0 Å². The van der Waals surface area contributed by atoms with E-state index in [0.29, 0.717) is 0 Å². The highest BCUT2D eigenvalue weighted by molar-refractivity contribution is 9.10. The number of ether oxygens (including phenoxy) is 1. The molecule has 0 unspecified atom stereocenters. The third-order valence-corrected chi connectivity index (χ3v) is 4.28. The van der Waals surface area contributed by atoms with Crippen LogP contribution in [0.3, 0.4) is 0 Å². The Kier molecular flexibility index (Phi) is 5.82. The molecule has 1 N–H and O–H groups in total. The average Bonchev–Trinajstić information content (AvgIpc) is 2.80. The van der Waals surface area contributed by atoms with Crippen molar-refractivity contribution in [2.24, 2.45) is 0 Å². The quantitative estimate of drug-likeness (QED) is 0.749. The van der Waals surface area contributed by atoms with Crippen LogP contribution >= 0.6 is 15.9 Å². The summed E-state index contributed by atoms with van der Waals surface area (Å²) in [6, 6.07) is 6.17. The molecular formula is C16H22BrN3O. The maximum atomic E-state index is 5.39. The molecular weight excluding hydrogens is 330 g/mol. The van der Waals surface area contributed by atoms with Gasteiger partial charge < -0.3 is 14.6 Å². The first kappa shape index (κ1) is 16.0. The van der Waals surface area contributed by atoms with Crippen LogP contribution in [-0.2, 0) is 11.3 Å². The number of hydrogen-bond donors (Lipinski definition) is 1. The van der Waals surface area contributed by atoms with Gasteiger partial charge in [-0.15, -0.1) is 0 Å². The molecule has 0 aliphatic carbocycles. The second-order valence-electron chi connectivity index (χ2n) is 5.01. The van der Waals surface area contributed by atoms with Crippen LogP contribution in [0.2, 0.25) is 0 Å². The molecule has 5 heteroatoms. The van der Waals surface area contributed by atoms with Gasteiger partial charge in [-0.05, 0) is 54.8 Å². The lowest BCUT2D eigenvalue weighted by atomic mass is 10.2. The minimum Gasteiger partial charge on any atom is -0.382 e. The van der Waals surface area contributed by atoms with Crippen LogP contribution < -0.4 is 5.32 Å². The van der Waals surface area contributed by atoms with E-state index in [4.69, 9.17) is 4.74 Å². The van der Waals surface area contributed by atoms with Crippen LogP contribution in [0.5, 0.6) is 0 Å². The van der Waals surface area contributed by atoms with Gasteiger partial charge in [0.05, 0.1) is 11.4 Å². The van der Waals surface area contributed by atoms with E-state index in [9.17, 15) is 0 Å². The minimum atomic E-state index is 0.768. The first-order valence-corrected chi connectivity index (χ1v) is 8.04. The Morgan fingerprint density at radius 2 is 2.14 bits per heavy atom. The summed E-state index contributed by atoms with van der Waals surface area (Å²) >= 11 is 3.62. The molecule has 2 aromatic rings. The lowest BCUT2D eigenvalue weighted by Crippen LogP contribution is -2.06. The van der Waals surface area contributed by atoms with Crippen LogP contribution in [-0.4, -0.2) is 22.8 Å². The second kappa shape index (κ2) is 7.61. The summed E-state index contributed by atoms with van der Waals surface area (Å²) in [6.45, 7) is 8.55. The van der Waals surface area contributed by atoms with E-state index < -0.39 is 0 Å². The summed E-state index contributed by atoms with van der Waals surface area (Å²) in [5.74, 6) is 0.871. The highest BCUT2D eigenvalue weighted by Crippen LogP contribution is 2.28. The summed E-state index contributed by atoms with van der Waals surface area (Å²) < 4.78 is 8.61. The van der Waals surface area contributed by atoms with Gasteiger partial charge in [0.2, 0.25) is 5.95 Å². The van der Waals surface area contributed by atoms with Crippen LogP contribution in [0.25, 0.3) is 0 Å². The number of benzene rings is 1. The lowest BCUT2D eigenvalue weighted by molar-refractivity contribution is 0.142. The number of hydrogen-bond acceptors (Lipinski definition) is 3. The summed E-state index contributed by atoms with van der Waals surface area (Å²) in [5.41, 5.74) is 3.25. The third-order valence-electron chi connectivity index (χ3n) is 3.23. The van der Waals surface area contributed by atoms with E-state index in [0.717, 1.165) is 48.0 Å². The number of anilines is 2. The molecule has 21 heavy (non-hydrogen) atoms. The van der Waals surface area contributed by atoms with Gasteiger partial charge in [-0.2, -0.15) is 0 Å². The summed E-state index contributed by atoms with van der Waals surface area (Å²) in [4.78, 5) is 4.57. The van der Waals surface area contributed by atoms with Crippen molar-refractivity contribution in [2.45, 2.75) is 33.7 Å². The molecule has 0 radical (unpaired) electrons. The summed E-state index contributed by atoms with van der Waals surface area (Å²) in [6.07, 6.45) is 3.05. The molecule has 4 nitrogen and oxygen atoms in total. The molecule has 1 aromatic heterocycles. The van der Waals surface area contributed by atoms with Crippen molar-refractivity contribution in [3.8, 4) is 0 Å². The van der Waals surface area contributed by atoms with Crippen molar-refractivity contribution in [3.05, 3.63) is 40.1 Å². The number of nitrogens with one attached hydrogen (secondary N) is 1. The number of aromatic nitrogens is 2. The van der Waals surface area contributed by atoms with Gasteiger partial charge in [-0.25, -0.2) is 4.98 Å². The van der Waals surface area contributed by atoms with E-state index in [1.54, 1.807) is 0 Å². The van der Waals surface area contributed by atoms with Gasteiger partial charge in [0.15, 0.2) is 0 Å². The lowest BCUT2D eigenvalue weighted by Gasteiger charge is -2.12. The molecule has 0 saturated carbocycles. The smallest absolute Gasteiger partial charge is 0.207 e. The zero-order valence-electron chi connectivity index (χ0n) is 12.8. The molecule has 0 atom stereocenters. The average molecular weight is 352 g/mol. The number of nitrogens with zero attached hydrogens (tertiary/aromatic N) is 2. The number of rotatable bonds is 7. The van der Waals surface area contributed by atoms with E-state index >= 15 is 0 Å². The molecule has 0 aliphatic heterocycles. The Morgan fingerprint density at radius 3 is 2.90 bits per heavy atom. The highest BCUT2D eigenvalue weighted by atomic mass is 79.9. The fraction of sp³-hybridized carbons (Fsp3) is 0.438. The van der Waals surface area contributed by atoms with E-state index in [1.807, 2.05) is 26.0 Å². The molecule has 0 bridgehead atoms. The monoisotopic (exact) mass is 351 g/mol. The first-order chi connectivity index (χ1) is 10.1. The molecule has 1 heterocycles. The Labute approximate surface area is 134 Å². The zero-order valence-corrected chi connectivity index (χ0v) is 14.4. The predicted octanol–water partition coefficient (Wildman–Crippen LogP) is 4.43. The summed E-state index contributed by atoms with van der Waals surface area (Å²) in [7, 11) is 0. The van der Waals surface area contributed by atoms with Gasteiger partial charge in [0, 0.05) is 30.4 Å². The normalized spacial score (nSPS) is 10.9. The van der Waals surface area contributed by atoms with Crippen LogP contribution in [0.15, 0.2) is 28.9 Å². The molecule has 2 rings (SSSR count). The molecule has 0 amide bonds. The van der Waals surface area contributed by atoms with Gasteiger partial charge >= 0.3 is 0 Å². The number of imidazole rings is 1. The van der Waals surface area contributed by atoms with Gasteiger partial charge in [-0.1, -0.05) is 12.1 Å². The van der Waals surface area contributed by atoms with Crippen LogP contribution in [0, 0.1) is 13.8 Å². The van der Waals surface area contributed by atoms with Gasteiger partial charge in [0.1, 0.15) is 0 Å². The molecule has 114 valence electrons. The Balaban J connectivity index is 2.10. The van der Waals surface area contributed by atoms with E-state index in [-0.39, 0.29) is 0 Å². The molecule has 0 saturated heterocycles. The fourth-order valence-electron chi connectivity index (χ4n) is 2.16. The molecule has 0 fully saturated rings. The Hall–Kier alpha value is -1.33. The second-order valence-corrected chi connectivity index (χ2v) is 5.80. The van der Waals surface area contributed by atoms with Crippen molar-refractivity contribution in [1.29, 1.82) is 0 Å². The number of halogens is 1. The largest absolute Gasteiger partial charge is 0.382 e. The Bertz CT molecular complexity index is 595. The van der Waals surface area contributed by atoms with Crippen LogP contribution in [0.1, 0.15) is 24.6 Å². The molecule has 0 spiro atoms. The van der Waals surface area contributed by atoms with Gasteiger partial charge in [-0.3, -0.25) is 0 Å². The van der Waals surface area contributed by atoms with E-state index in [1.165, 1.54) is 5.56 Å². The molecule has 1 aromatic carbocycles. The van der Waals surface area contributed by atoms with Crippen molar-refractivity contribution < 1.29 is 4.74 Å². The highest BCUT2D eigenvalue weighted by Gasteiger charge is 2.08. The third kappa shape index (κ3) is 4.32. The summed E-state index contributed by atoms with van der Waals surface area (Å²) in [5, 5.41) is 3.41. The predicted molar refractivity (Wildman–Crippen MR) is 90.2 cm³/mol. The van der Waals surface area contributed by atoms with E-state index in [2.05, 4.69) is 50.0 Å². The first-order valence-electron chi connectivity index (χ1n) is 7.25. The molecule has 0 aliphatic rings. The van der Waals surface area contributed by atoms with Crippen molar-refractivity contribution in [1.82, 2.24) is 9.55 Å². The topological polar surface area (TPSA) is 39.1 Å². The Morgan fingerprint density at radius 1 is 1.33 bits per heavy atom. The van der Waals surface area contributed by atoms with Gasteiger partial charge in [0.25, 0.3) is 0 Å². The standard InChI is InChI=1S/C16H22BrN3O/c1-4-21-10-6-9-20-11-13(3)18-16(20)19-14-8-5-7-12(2)15(14)17/h5,7-8,11H,4,6,9-10H2,1-3H3,(H,18,19). The maximum Gasteiger partial charge on any atom is 0.207 e. The fourth-order valence-corrected chi connectivity index (χ4v) is 2.53. The minimum absolute atomic E-state index is 0.768.